The van der Waals surface area contributed by atoms with Crippen molar-refractivity contribution in [2.75, 3.05) is 19.0 Å². The van der Waals surface area contributed by atoms with Crippen molar-refractivity contribution >= 4 is 5.69 Å². The third kappa shape index (κ3) is 3.05. The molecule has 3 N–H and O–H groups in total. The third-order valence-electron chi connectivity index (χ3n) is 3.00. The first-order chi connectivity index (χ1) is 9.65. The van der Waals surface area contributed by atoms with Crippen molar-refractivity contribution < 1.29 is 13.5 Å². The Morgan fingerprint density at radius 3 is 2.65 bits per heavy atom. The molecular formula is C15H16F2N2O. The number of halogens is 2. The van der Waals surface area contributed by atoms with E-state index in [1.54, 1.807) is 25.3 Å². The molecular weight excluding hydrogens is 262 g/mol. The number of benzene rings is 2. The van der Waals surface area contributed by atoms with Gasteiger partial charge >= 0.3 is 0 Å². The van der Waals surface area contributed by atoms with E-state index in [4.69, 9.17) is 10.5 Å². The van der Waals surface area contributed by atoms with Crippen molar-refractivity contribution in [2.24, 2.45) is 5.73 Å². The molecule has 106 valence electrons. The maximum absolute atomic E-state index is 13.8. The molecule has 0 heterocycles. The average Bonchev–Trinajstić information content (AvgIpc) is 2.48. The second-order valence-electron chi connectivity index (χ2n) is 4.31. The zero-order chi connectivity index (χ0) is 14.5. The lowest BCUT2D eigenvalue weighted by molar-refractivity contribution is 0.415. The summed E-state index contributed by atoms with van der Waals surface area (Å²) in [5, 5.41) is 3.08. The first kappa shape index (κ1) is 14.3. The van der Waals surface area contributed by atoms with Gasteiger partial charge in [0, 0.05) is 23.9 Å². The van der Waals surface area contributed by atoms with Gasteiger partial charge in [0.2, 0.25) is 0 Å². The highest BCUT2D eigenvalue weighted by Gasteiger charge is 2.17. The molecule has 1 atom stereocenters. The predicted molar refractivity (Wildman–Crippen MR) is 74.8 cm³/mol. The normalized spacial score (nSPS) is 12.0. The van der Waals surface area contributed by atoms with Crippen LogP contribution in [0.3, 0.4) is 0 Å². The lowest BCUT2D eigenvalue weighted by Crippen LogP contribution is -2.22. The van der Waals surface area contributed by atoms with Crippen LogP contribution in [0.15, 0.2) is 42.5 Å². The number of nitrogens with two attached hydrogens (primary N) is 1. The van der Waals surface area contributed by atoms with Crippen LogP contribution >= 0.6 is 0 Å². The van der Waals surface area contributed by atoms with Crippen molar-refractivity contribution in [2.45, 2.75) is 6.04 Å². The van der Waals surface area contributed by atoms with Gasteiger partial charge in [0.25, 0.3) is 0 Å². The molecule has 0 aliphatic carbocycles. The van der Waals surface area contributed by atoms with E-state index in [9.17, 15) is 8.78 Å². The van der Waals surface area contributed by atoms with Gasteiger partial charge in [-0.3, -0.25) is 0 Å². The summed E-state index contributed by atoms with van der Waals surface area (Å²) >= 11 is 0. The van der Waals surface area contributed by atoms with Crippen LogP contribution in [0.5, 0.6) is 5.75 Å². The quantitative estimate of drug-likeness (QED) is 0.883. The predicted octanol–water partition coefficient (Wildman–Crippen LogP) is 3.09. The standard InChI is InChI=1S/C15H16F2N2O/c1-20-11-5-2-4-10(8-11)19-14(9-18)12-6-3-7-13(16)15(12)17/h2-8,14,19H,9,18H2,1H3. The lowest BCUT2D eigenvalue weighted by atomic mass is 10.1. The summed E-state index contributed by atoms with van der Waals surface area (Å²) in [7, 11) is 1.56. The van der Waals surface area contributed by atoms with Crippen LogP contribution in [0.1, 0.15) is 11.6 Å². The highest BCUT2D eigenvalue weighted by molar-refractivity contribution is 5.50. The number of rotatable bonds is 5. The molecule has 20 heavy (non-hydrogen) atoms. The topological polar surface area (TPSA) is 47.3 Å². The molecule has 1 unspecified atom stereocenters. The van der Waals surface area contributed by atoms with Gasteiger partial charge in [-0.1, -0.05) is 18.2 Å². The van der Waals surface area contributed by atoms with Gasteiger partial charge in [-0.25, -0.2) is 8.78 Å². The highest BCUT2D eigenvalue weighted by Crippen LogP contribution is 2.24. The largest absolute Gasteiger partial charge is 0.497 e. The van der Waals surface area contributed by atoms with Gasteiger partial charge < -0.3 is 15.8 Å². The molecule has 0 bridgehead atoms. The Kier molecular flexibility index (Phi) is 4.53. The van der Waals surface area contributed by atoms with Gasteiger partial charge in [-0.15, -0.1) is 0 Å². The van der Waals surface area contributed by atoms with Crippen molar-refractivity contribution in [1.29, 1.82) is 0 Å². The number of methoxy groups -OCH3 is 1. The molecule has 0 aromatic heterocycles. The van der Waals surface area contributed by atoms with Crippen LogP contribution in [0, 0.1) is 11.6 Å². The molecule has 0 radical (unpaired) electrons. The van der Waals surface area contributed by atoms with E-state index in [1.807, 2.05) is 6.07 Å². The van der Waals surface area contributed by atoms with Gasteiger partial charge in [-0.05, 0) is 18.2 Å². The summed E-state index contributed by atoms with van der Waals surface area (Å²) in [6.45, 7) is 0.136. The van der Waals surface area contributed by atoms with Crippen LogP contribution in [0.4, 0.5) is 14.5 Å². The van der Waals surface area contributed by atoms with E-state index in [0.29, 0.717) is 5.75 Å². The van der Waals surface area contributed by atoms with Gasteiger partial charge in [-0.2, -0.15) is 0 Å². The van der Waals surface area contributed by atoms with Crippen LogP contribution in [0.25, 0.3) is 0 Å². The van der Waals surface area contributed by atoms with Crippen LogP contribution in [-0.4, -0.2) is 13.7 Å². The minimum Gasteiger partial charge on any atom is -0.497 e. The molecule has 0 amide bonds. The molecule has 5 heteroatoms. The van der Waals surface area contributed by atoms with Gasteiger partial charge in [0.05, 0.1) is 13.2 Å². The second kappa shape index (κ2) is 6.34. The maximum Gasteiger partial charge on any atom is 0.164 e. The Hall–Kier alpha value is -2.14. The minimum absolute atomic E-state index is 0.136. The van der Waals surface area contributed by atoms with E-state index in [2.05, 4.69) is 5.32 Å². The fourth-order valence-electron chi connectivity index (χ4n) is 1.97. The smallest absolute Gasteiger partial charge is 0.164 e. The van der Waals surface area contributed by atoms with Crippen molar-refractivity contribution in [3.05, 3.63) is 59.7 Å². The van der Waals surface area contributed by atoms with Gasteiger partial charge in [0.15, 0.2) is 11.6 Å². The Morgan fingerprint density at radius 1 is 1.20 bits per heavy atom. The Balaban J connectivity index is 2.26. The number of hydrogen-bond acceptors (Lipinski definition) is 3. The summed E-state index contributed by atoms with van der Waals surface area (Å²) in [4.78, 5) is 0. The molecule has 0 aliphatic rings. The van der Waals surface area contributed by atoms with Crippen molar-refractivity contribution in [3.63, 3.8) is 0 Å². The number of ether oxygens (including phenoxy) is 1. The van der Waals surface area contributed by atoms with Crippen molar-refractivity contribution in [3.8, 4) is 5.75 Å². The summed E-state index contributed by atoms with van der Waals surface area (Å²) in [6, 6.07) is 10.7. The Labute approximate surface area is 116 Å². The molecule has 0 saturated heterocycles. The Bertz CT molecular complexity index is 590. The van der Waals surface area contributed by atoms with Gasteiger partial charge in [0.1, 0.15) is 5.75 Å². The van der Waals surface area contributed by atoms with Crippen LogP contribution in [-0.2, 0) is 0 Å². The summed E-state index contributed by atoms with van der Waals surface area (Å²) in [5.74, 6) is -1.09. The first-order valence-corrected chi connectivity index (χ1v) is 6.20. The molecule has 3 nitrogen and oxygen atoms in total. The lowest BCUT2D eigenvalue weighted by Gasteiger charge is -2.19. The van der Waals surface area contributed by atoms with Crippen molar-refractivity contribution in [1.82, 2.24) is 0 Å². The molecule has 0 saturated carbocycles. The molecule has 0 fully saturated rings. The molecule has 0 spiro atoms. The fourth-order valence-corrected chi connectivity index (χ4v) is 1.97. The maximum atomic E-state index is 13.8. The summed E-state index contributed by atoms with van der Waals surface area (Å²) in [6.07, 6.45) is 0. The van der Waals surface area contributed by atoms with Crippen LogP contribution in [0.2, 0.25) is 0 Å². The van der Waals surface area contributed by atoms with E-state index >= 15 is 0 Å². The zero-order valence-electron chi connectivity index (χ0n) is 11.1. The molecule has 2 aromatic carbocycles. The highest BCUT2D eigenvalue weighted by atomic mass is 19.2. The molecule has 2 rings (SSSR count). The Morgan fingerprint density at radius 2 is 1.95 bits per heavy atom. The van der Waals surface area contributed by atoms with Crippen LogP contribution < -0.4 is 15.8 Å². The fraction of sp³-hybridized carbons (Fsp3) is 0.200. The summed E-state index contributed by atoms with van der Waals surface area (Å²) in [5.41, 5.74) is 6.59. The average molecular weight is 278 g/mol. The second-order valence-corrected chi connectivity index (χ2v) is 4.31. The number of anilines is 1. The van der Waals surface area contributed by atoms with E-state index < -0.39 is 17.7 Å². The zero-order valence-corrected chi connectivity index (χ0v) is 11.1. The third-order valence-corrected chi connectivity index (χ3v) is 3.00. The summed E-state index contributed by atoms with van der Waals surface area (Å²) < 4.78 is 32.2. The molecule has 0 aliphatic heterocycles. The van der Waals surface area contributed by atoms with E-state index in [1.165, 1.54) is 12.1 Å². The van der Waals surface area contributed by atoms with E-state index in [-0.39, 0.29) is 12.1 Å². The monoisotopic (exact) mass is 278 g/mol. The molecule has 2 aromatic rings. The SMILES string of the molecule is COc1cccc(NC(CN)c2cccc(F)c2F)c1. The minimum atomic E-state index is -0.881. The van der Waals surface area contributed by atoms with E-state index in [0.717, 1.165) is 11.8 Å². The first-order valence-electron chi connectivity index (χ1n) is 6.20. The number of nitrogens with one attached hydrogen (secondary N) is 1. The number of hydrogen-bond donors (Lipinski definition) is 2.